The first-order chi connectivity index (χ1) is 25.6. The number of aliphatic imine (C=N–C) groups is 1. The number of nitrogens with one attached hydrogen (secondary N) is 1. The smallest absolute Gasteiger partial charge is 0.173 e. The number of nitrogens with zero attached hydrogens (tertiary/aromatic N) is 1. The Bertz CT molecular complexity index is 2270. The largest absolute Gasteiger partial charge is 0.471 e. The average molecular weight is 685 g/mol. The van der Waals surface area contributed by atoms with Crippen LogP contribution in [0.25, 0.3) is 17.2 Å². The number of fused-ring (bicyclic) bond motifs is 4. The van der Waals surface area contributed by atoms with Crippen molar-refractivity contribution in [2.24, 2.45) is 10.9 Å². The van der Waals surface area contributed by atoms with E-state index >= 15 is 0 Å². The first-order valence-corrected chi connectivity index (χ1v) is 17.8. The van der Waals surface area contributed by atoms with Gasteiger partial charge < -0.3 is 18.6 Å². The van der Waals surface area contributed by atoms with Gasteiger partial charge in [0.2, 0.25) is 0 Å². The Morgan fingerprint density at radius 1 is 0.808 bits per heavy atom. The molecule has 7 nitrogen and oxygen atoms in total. The monoisotopic (exact) mass is 684 g/mol. The number of carbonyl (C=O) groups is 2. The molecular formula is C45H36N2O5. The molecule has 3 heterocycles. The molecule has 0 saturated heterocycles. The van der Waals surface area contributed by atoms with Gasteiger partial charge in [0.15, 0.2) is 11.6 Å². The molecule has 4 aliphatic rings. The van der Waals surface area contributed by atoms with Crippen LogP contribution in [0.15, 0.2) is 153 Å². The summed E-state index contributed by atoms with van der Waals surface area (Å²) < 4.78 is 19.1. The number of carbonyl (C=O) groups excluding carboxylic acids is 2. The van der Waals surface area contributed by atoms with Crippen molar-refractivity contribution in [3.05, 3.63) is 184 Å². The van der Waals surface area contributed by atoms with Crippen molar-refractivity contribution < 1.29 is 23.2 Å². The number of hydrogen-bond donors (Lipinski definition) is 1. The van der Waals surface area contributed by atoms with Crippen LogP contribution >= 0.6 is 0 Å². The van der Waals surface area contributed by atoms with Crippen molar-refractivity contribution in [1.82, 2.24) is 4.98 Å². The summed E-state index contributed by atoms with van der Waals surface area (Å²) in [4.78, 5) is 35.7. The quantitative estimate of drug-likeness (QED) is 0.142. The lowest BCUT2D eigenvalue weighted by molar-refractivity contribution is -0.113. The zero-order chi connectivity index (χ0) is 35.1. The van der Waals surface area contributed by atoms with Crippen LogP contribution in [0.3, 0.4) is 0 Å². The molecule has 5 aromatic rings. The van der Waals surface area contributed by atoms with Crippen LogP contribution in [0.4, 0.5) is 0 Å². The van der Waals surface area contributed by atoms with Gasteiger partial charge in [-0.25, -0.2) is 0 Å². The van der Waals surface area contributed by atoms with Crippen molar-refractivity contribution in [3.63, 3.8) is 0 Å². The number of ketones is 2. The molecule has 0 spiro atoms. The van der Waals surface area contributed by atoms with E-state index in [0.29, 0.717) is 42.2 Å². The SMILES string of the molecule is O=C1CC(=O)c2cc3occ[nH]c2/C1=C1\C=C2CC[C@H](COC(c4ccccc4)(c4ccccc4)c4ccccc4)/C(=N/CC3)C2=Cc2cocc21. The third-order valence-electron chi connectivity index (χ3n) is 10.6. The summed E-state index contributed by atoms with van der Waals surface area (Å²) in [5.41, 5.74) is 9.10. The van der Waals surface area contributed by atoms with Crippen LogP contribution in [0.5, 0.6) is 0 Å². The minimum atomic E-state index is -0.872. The van der Waals surface area contributed by atoms with Gasteiger partial charge in [-0.2, -0.15) is 0 Å². The standard InChI is InChI=1S/C45H36N2O5/c48-40-25-41(49)42-37-22-29-16-17-30(27-52-45(32-10-4-1-5-11-32,33-12-6-2-7-13-33)34-14-8-3-9-15-34)43(36(29)23-31-26-50-28-39(31)37)46-19-18-35-24-38(40)44(42)47-20-21-51-35/h1-15,20-24,26,28,30,47H,16-19,25,27H2/b21-20?,35-24?,42-37+,46-43-/t30-/m1/s1. The number of aromatic nitrogens is 1. The lowest BCUT2D eigenvalue weighted by Crippen LogP contribution is -2.37. The van der Waals surface area contributed by atoms with Crippen molar-refractivity contribution in [2.45, 2.75) is 31.3 Å². The van der Waals surface area contributed by atoms with Gasteiger partial charge in [-0.15, -0.1) is 0 Å². The molecular weight excluding hydrogens is 649 g/mol. The number of rotatable bonds is 6. The second-order valence-corrected chi connectivity index (χ2v) is 13.6. The fourth-order valence-corrected chi connectivity index (χ4v) is 8.11. The lowest BCUT2D eigenvalue weighted by Gasteiger charge is -2.38. The molecule has 1 aliphatic heterocycles. The highest BCUT2D eigenvalue weighted by atomic mass is 16.5. The molecule has 7 heteroatoms. The lowest BCUT2D eigenvalue weighted by atomic mass is 9.78. The summed E-state index contributed by atoms with van der Waals surface area (Å²) in [5, 5.41) is 0. The predicted molar refractivity (Wildman–Crippen MR) is 200 cm³/mol. The molecule has 0 radical (unpaired) electrons. The normalized spacial score (nSPS) is 20.3. The molecule has 3 aromatic carbocycles. The van der Waals surface area contributed by atoms with Crippen LogP contribution < -0.4 is 0 Å². The maximum atomic E-state index is 13.8. The van der Waals surface area contributed by atoms with Crippen LogP contribution in [-0.4, -0.2) is 35.4 Å². The van der Waals surface area contributed by atoms with Gasteiger partial charge in [0.05, 0.1) is 36.8 Å². The maximum absolute atomic E-state index is 13.8. The molecule has 1 saturated carbocycles. The maximum Gasteiger partial charge on any atom is 0.173 e. The van der Waals surface area contributed by atoms with E-state index in [0.717, 1.165) is 63.1 Å². The summed E-state index contributed by atoms with van der Waals surface area (Å²) in [7, 11) is 0. The fraction of sp³-hybridized carbons (Fsp3) is 0.178. The Kier molecular flexibility index (Phi) is 8.13. The molecule has 1 N–H and O–H groups in total. The van der Waals surface area contributed by atoms with Crippen LogP contribution in [0, 0.1) is 5.92 Å². The second kappa shape index (κ2) is 13.2. The average Bonchev–Trinajstić information content (AvgIpc) is 3.57. The molecule has 256 valence electrons. The summed E-state index contributed by atoms with van der Waals surface area (Å²) in [6.45, 7) is 0.842. The van der Waals surface area contributed by atoms with Gasteiger partial charge in [0.1, 0.15) is 17.6 Å². The number of hydrogen-bond acceptors (Lipinski definition) is 6. The molecule has 52 heavy (non-hydrogen) atoms. The molecule has 1 atom stereocenters. The highest BCUT2D eigenvalue weighted by Gasteiger charge is 2.40. The third-order valence-corrected chi connectivity index (χ3v) is 10.6. The van der Waals surface area contributed by atoms with Gasteiger partial charge in [-0.3, -0.25) is 14.6 Å². The Balaban J connectivity index is 1.20. The topological polar surface area (TPSA) is 97.8 Å². The van der Waals surface area contributed by atoms with E-state index < -0.39 is 5.60 Å². The zero-order valence-electron chi connectivity index (χ0n) is 28.5. The van der Waals surface area contributed by atoms with Gasteiger partial charge in [-0.05, 0) is 64.5 Å². The minimum Gasteiger partial charge on any atom is -0.471 e. The van der Waals surface area contributed by atoms with E-state index in [1.165, 1.54) is 0 Å². The Morgan fingerprint density at radius 3 is 2.19 bits per heavy atom. The number of allylic oxidation sites excluding steroid dienone is 5. The second-order valence-electron chi connectivity index (χ2n) is 13.6. The molecule has 9 rings (SSSR count). The first kappa shape index (κ1) is 31.9. The molecule has 8 bridgehead atoms. The van der Waals surface area contributed by atoms with Gasteiger partial charge in [-0.1, -0.05) is 91.0 Å². The van der Waals surface area contributed by atoms with E-state index in [4.69, 9.17) is 18.6 Å². The molecule has 1 fully saturated rings. The number of ether oxygens (including phenoxy) is 1. The highest BCUT2D eigenvalue weighted by Crippen LogP contribution is 2.45. The number of benzene rings is 3. The number of H-pyrrole nitrogens is 1. The van der Waals surface area contributed by atoms with E-state index in [1.54, 1.807) is 31.1 Å². The third kappa shape index (κ3) is 5.45. The minimum absolute atomic E-state index is 0.0434. The van der Waals surface area contributed by atoms with E-state index in [1.807, 2.05) is 18.2 Å². The number of aromatic amines is 1. The summed E-state index contributed by atoms with van der Waals surface area (Å²) in [5.74, 6) is 0.0975. The van der Waals surface area contributed by atoms with Gasteiger partial charge in [0, 0.05) is 47.5 Å². The Morgan fingerprint density at radius 2 is 1.50 bits per heavy atom. The molecule has 3 aliphatic carbocycles. The first-order valence-electron chi connectivity index (χ1n) is 17.8. The Hall–Kier alpha value is -6.05. The van der Waals surface area contributed by atoms with Crippen molar-refractivity contribution >= 4 is 34.5 Å². The van der Waals surface area contributed by atoms with E-state index in [9.17, 15) is 9.59 Å². The van der Waals surface area contributed by atoms with Crippen molar-refractivity contribution in [3.8, 4) is 0 Å². The molecule has 0 amide bonds. The van der Waals surface area contributed by atoms with Crippen LogP contribution in [0.1, 0.15) is 68.9 Å². The summed E-state index contributed by atoms with van der Waals surface area (Å²) in [6.07, 6.45) is 12.7. The van der Waals surface area contributed by atoms with Gasteiger partial charge >= 0.3 is 0 Å². The zero-order valence-corrected chi connectivity index (χ0v) is 28.5. The fourth-order valence-electron chi connectivity index (χ4n) is 8.11. The van der Waals surface area contributed by atoms with Crippen molar-refractivity contribution in [1.29, 1.82) is 0 Å². The highest BCUT2D eigenvalue weighted by molar-refractivity contribution is 6.38. The summed E-state index contributed by atoms with van der Waals surface area (Å²) in [6, 6.07) is 33.0. The number of Topliss-reactive ketones (excluding diaryl/α,β-unsaturated/α-hetero) is 2. The Labute approximate surface area is 301 Å². The van der Waals surface area contributed by atoms with Crippen molar-refractivity contribution in [2.75, 3.05) is 13.2 Å². The molecule has 2 aromatic heterocycles. The summed E-state index contributed by atoms with van der Waals surface area (Å²) >= 11 is 0. The van der Waals surface area contributed by atoms with Crippen LogP contribution in [0.2, 0.25) is 0 Å². The van der Waals surface area contributed by atoms with E-state index in [-0.39, 0.29) is 23.9 Å². The number of furan rings is 1. The van der Waals surface area contributed by atoms with Gasteiger partial charge in [0.25, 0.3) is 0 Å². The predicted octanol–water partition coefficient (Wildman–Crippen LogP) is 9.13. The van der Waals surface area contributed by atoms with E-state index in [2.05, 4.69) is 89.9 Å². The molecule has 0 unspecified atom stereocenters. The van der Waals surface area contributed by atoms with Crippen LogP contribution in [-0.2, 0) is 21.6 Å².